The lowest BCUT2D eigenvalue weighted by atomic mass is 10.1. The van der Waals surface area contributed by atoms with Crippen LogP contribution in [0.5, 0.6) is 5.75 Å². The molecule has 0 fully saturated rings. The lowest BCUT2D eigenvalue weighted by Crippen LogP contribution is -2.32. The van der Waals surface area contributed by atoms with E-state index in [-0.39, 0.29) is 11.8 Å². The topological polar surface area (TPSA) is 67.4 Å². The predicted molar refractivity (Wildman–Crippen MR) is 108 cm³/mol. The van der Waals surface area contributed by atoms with Crippen LogP contribution in [-0.4, -0.2) is 24.5 Å². The van der Waals surface area contributed by atoms with Crippen LogP contribution in [0, 0.1) is 13.8 Å². The zero-order valence-electron chi connectivity index (χ0n) is 16.5. The van der Waals surface area contributed by atoms with Gasteiger partial charge < -0.3 is 15.4 Å². The zero-order valence-corrected chi connectivity index (χ0v) is 16.5. The Morgan fingerprint density at radius 2 is 1.85 bits per heavy atom. The summed E-state index contributed by atoms with van der Waals surface area (Å²) in [5.41, 5.74) is 2.96. The van der Waals surface area contributed by atoms with Crippen molar-refractivity contribution in [2.75, 3.05) is 11.9 Å². The summed E-state index contributed by atoms with van der Waals surface area (Å²) in [5.74, 6) is 0.190. The molecule has 144 valence electrons. The number of para-hydroxylation sites is 1. The number of carbonyl (C=O) groups excluding carboxylic acids is 2. The highest BCUT2D eigenvalue weighted by Gasteiger charge is 2.19. The quantitative estimate of drug-likeness (QED) is 0.685. The number of aryl methyl sites for hydroxylation is 2. The number of nitrogens with one attached hydrogen (secondary N) is 2. The summed E-state index contributed by atoms with van der Waals surface area (Å²) in [7, 11) is 0. The molecular formula is C22H28N2O3. The van der Waals surface area contributed by atoms with E-state index in [2.05, 4.69) is 17.6 Å². The summed E-state index contributed by atoms with van der Waals surface area (Å²) in [6, 6.07) is 12.9. The molecule has 2 N–H and O–H groups in total. The maximum atomic E-state index is 12.6. The van der Waals surface area contributed by atoms with Crippen LogP contribution >= 0.6 is 0 Å². The molecule has 5 heteroatoms. The van der Waals surface area contributed by atoms with Gasteiger partial charge in [-0.1, -0.05) is 37.6 Å². The van der Waals surface area contributed by atoms with Crippen molar-refractivity contribution in [3.8, 4) is 5.75 Å². The minimum atomic E-state index is -0.693. The molecule has 1 unspecified atom stereocenters. The largest absolute Gasteiger partial charge is 0.481 e. The van der Waals surface area contributed by atoms with Crippen molar-refractivity contribution < 1.29 is 14.3 Å². The van der Waals surface area contributed by atoms with E-state index in [0.717, 1.165) is 24.0 Å². The first-order valence-corrected chi connectivity index (χ1v) is 9.34. The first-order chi connectivity index (χ1) is 12.9. The molecule has 0 bridgehead atoms. The van der Waals surface area contributed by atoms with E-state index in [0.29, 0.717) is 23.5 Å². The van der Waals surface area contributed by atoms with E-state index in [1.54, 1.807) is 31.2 Å². The highest BCUT2D eigenvalue weighted by atomic mass is 16.5. The van der Waals surface area contributed by atoms with Crippen LogP contribution in [-0.2, 0) is 4.79 Å². The fraction of sp³-hybridized carbons (Fsp3) is 0.364. The third kappa shape index (κ3) is 5.84. The number of hydrogen-bond donors (Lipinski definition) is 2. The molecule has 2 rings (SSSR count). The van der Waals surface area contributed by atoms with Gasteiger partial charge in [-0.2, -0.15) is 0 Å². The second-order valence-corrected chi connectivity index (χ2v) is 6.67. The summed E-state index contributed by atoms with van der Waals surface area (Å²) < 4.78 is 5.83. The van der Waals surface area contributed by atoms with Crippen LogP contribution in [0.2, 0.25) is 0 Å². The molecule has 2 aromatic rings. The molecule has 27 heavy (non-hydrogen) atoms. The number of amides is 2. The Morgan fingerprint density at radius 1 is 1.11 bits per heavy atom. The van der Waals surface area contributed by atoms with Crippen molar-refractivity contribution >= 4 is 17.5 Å². The van der Waals surface area contributed by atoms with Gasteiger partial charge in [-0.15, -0.1) is 0 Å². The predicted octanol–water partition coefficient (Wildman–Crippen LogP) is 4.24. The molecule has 2 amide bonds. The van der Waals surface area contributed by atoms with E-state index >= 15 is 0 Å². The Hall–Kier alpha value is -2.82. The first kappa shape index (κ1) is 20.5. The minimum absolute atomic E-state index is 0.192. The number of benzene rings is 2. The summed E-state index contributed by atoms with van der Waals surface area (Å²) in [6.45, 7) is 8.29. The summed E-state index contributed by atoms with van der Waals surface area (Å²) in [5, 5.41) is 5.69. The highest BCUT2D eigenvalue weighted by Crippen LogP contribution is 2.21. The Kier molecular flexibility index (Phi) is 7.41. The number of ether oxygens (including phenoxy) is 1. The third-order valence-corrected chi connectivity index (χ3v) is 4.26. The lowest BCUT2D eigenvalue weighted by Gasteiger charge is -2.18. The van der Waals surface area contributed by atoms with Gasteiger partial charge >= 0.3 is 0 Å². The summed E-state index contributed by atoms with van der Waals surface area (Å²) in [6.07, 6.45) is 1.23. The molecule has 0 aliphatic carbocycles. The van der Waals surface area contributed by atoms with Gasteiger partial charge in [-0.05, 0) is 56.5 Å². The Labute approximate surface area is 161 Å². The molecule has 0 saturated carbocycles. The Balaban J connectivity index is 2.06. The maximum absolute atomic E-state index is 12.6. The van der Waals surface area contributed by atoms with Crippen LogP contribution in [0.25, 0.3) is 0 Å². The van der Waals surface area contributed by atoms with Crippen molar-refractivity contribution in [2.24, 2.45) is 0 Å². The van der Waals surface area contributed by atoms with Gasteiger partial charge in [0.2, 0.25) is 0 Å². The van der Waals surface area contributed by atoms with Crippen molar-refractivity contribution in [3.63, 3.8) is 0 Å². The molecule has 0 heterocycles. The van der Waals surface area contributed by atoms with Crippen LogP contribution < -0.4 is 15.4 Å². The van der Waals surface area contributed by atoms with Gasteiger partial charge in [0.05, 0.1) is 11.3 Å². The van der Waals surface area contributed by atoms with E-state index in [4.69, 9.17) is 4.74 Å². The van der Waals surface area contributed by atoms with E-state index in [1.807, 2.05) is 32.0 Å². The van der Waals surface area contributed by atoms with Crippen molar-refractivity contribution in [2.45, 2.75) is 46.6 Å². The number of anilines is 1. The molecule has 0 aliphatic rings. The lowest BCUT2D eigenvalue weighted by molar-refractivity contribution is -0.122. The second-order valence-electron chi connectivity index (χ2n) is 6.67. The Morgan fingerprint density at radius 3 is 2.59 bits per heavy atom. The third-order valence-electron chi connectivity index (χ3n) is 4.26. The van der Waals surface area contributed by atoms with Crippen LogP contribution in [0.15, 0.2) is 42.5 Å². The molecule has 0 spiro atoms. The monoisotopic (exact) mass is 368 g/mol. The number of carbonyl (C=O) groups is 2. The standard InChI is InChI=1S/C22H28N2O3/c1-5-6-13-23-22(26)18-9-7-8-10-19(18)24-21(25)17(4)27-20-14-15(2)11-12-16(20)3/h7-12,14,17H,5-6,13H2,1-4H3,(H,23,26)(H,24,25). The number of hydrogen-bond acceptors (Lipinski definition) is 3. The molecule has 2 aromatic carbocycles. The second kappa shape index (κ2) is 9.76. The SMILES string of the molecule is CCCCNC(=O)c1ccccc1NC(=O)C(C)Oc1cc(C)ccc1C. The Bertz CT molecular complexity index is 802. The fourth-order valence-electron chi connectivity index (χ4n) is 2.58. The van der Waals surface area contributed by atoms with Crippen molar-refractivity contribution in [1.82, 2.24) is 5.32 Å². The fourth-order valence-corrected chi connectivity index (χ4v) is 2.58. The number of rotatable bonds is 8. The smallest absolute Gasteiger partial charge is 0.265 e. The van der Waals surface area contributed by atoms with E-state index < -0.39 is 6.10 Å². The van der Waals surface area contributed by atoms with Crippen LogP contribution in [0.1, 0.15) is 48.2 Å². The van der Waals surface area contributed by atoms with E-state index in [1.165, 1.54) is 0 Å². The maximum Gasteiger partial charge on any atom is 0.265 e. The normalized spacial score (nSPS) is 11.6. The minimum Gasteiger partial charge on any atom is -0.481 e. The van der Waals surface area contributed by atoms with Crippen LogP contribution in [0.3, 0.4) is 0 Å². The molecule has 0 aliphatic heterocycles. The van der Waals surface area contributed by atoms with Gasteiger partial charge in [0, 0.05) is 6.54 Å². The van der Waals surface area contributed by atoms with Gasteiger partial charge in [-0.3, -0.25) is 9.59 Å². The summed E-state index contributed by atoms with van der Waals surface area (Å²) >= 11 is 0. The first-order valence-electron chi connectivity index (χ1n) is 9.34. The van der Waals surface area contributed by atoms with Gasteiger partial charge in [0.1, 0.15) is 5.75 Å². The van der Waals surface area contributed by atoms with Crippen molar-refractivity contribution in [3.05, 3.63) is 59.2 Å². The average molecular weight is 368 g/mol. The van der Waals surface area contributed by atoms with Gasteiger partial charge in [0.15, 0.2) is 6.10 Å². The molecule has 0 aromatic heterocycles. The van der Waals surface area contributed by atoms with E-state index in [9.17, 15) is 9.59 Å². The molecule has 0 saturated heterocycles. The summed E-state index contributed by atoms with van der Waals surface area (Å²) in [4.78, 5) is 25.0. The average Bonchev–Trinajstić information content (AvgIpc) is 2.65. The van der Waals surface area contributed by atoms with Crippen LogP contribution in [0.4, 0.5) is 5.69 Å². The van der Waals surface area contributed by atoms with Gasteiger partial charge in [-0.25, -0.2) is 0 Å². The van der Waals surface area contributed by atoms with Crippen molar-refractivity contribution in [1.29, 1.82) is 0 Å². The molecule has 1 atom stereocenters. The highest BCUT2D eigenvalue weighted by molar-refractivity contribution is 6.04. The molecule has 5 nitrogen and oxygen atoms in total. The number of unbranched alkanes of at least 4 members (excludes halogenated alkanes) is 1. The molecular weight excluding hydrogens is 340 g/mol. The van der Waals surface area contributed by atoms with Gasteiger partial charge in [0.25, 0.3) is 11.8 Å². The molecule has 0 radical (unpaired) electrons. The zero-order chi connectivity index (χ0) is 19.8.